The van der Waals surface area contributed by atoms with E-state index in [1.54, 1.807) is 6.92 Å². The lowest BCUT2D eigenvalue weighted by molar-refractivity contribution is -0.146. The summed E-state index contributed by atoms with van der Waals surface area (Å²) >= 11 is 0. The van der Waals surface area contributed by atoms with Crippen LogP contribution in [0.25, 0.3) is 0 Å². The maximum atomic E-state index is 13.0. The van der Waals surface area contributed by atoms with Crippen LogP contribution in [0.15, 0.2) is 0 Å². The van der Waals surface area contributed by atoms with E-state index in [-0.39, 0.29) is 37.0 Å². The fourth-order valence-corrected chi connectivity index (χ4v) is 3.90. The molecule has 0 aromatic carbocycles. The van der Waals surface area contributed by atoms with E-state index in [1.165, 1.54) is 4.90 Å². The Kier molecular flexibility index (Phi) is 6.43. The van der Waals surface area contributed by atoms with Gasteiger partial charge in [-0.2, -0.15) is 0 Å². The minimum Gasteiger partial charge on any atom is -0.465 e. The molecule has 0 aromatic heterocycles. The summed E-state index contributed by atoms with van der Waals surface area (Å²) in [4.78, 5) is 40.5. The number of rotatable bonds is 7. The first-order valence-corrected chi connectivity index (χ1v) is 9.32. The number of carbonyl (C=O) groups excluding carboxylic acids is 3. The number of imide groups is 1. The molecule has 0 bridgehead atoms. The topological polar surface area (TPSA) is 79.0 Å². The number of hydrogen-bond donors (Lipinski definition) is 1. The summed E-state index contributed by atoms with van der Waals surface area (Å²) in [6, 6.07) is -0.351. The largest absolute Gasteiger partial charge is 0.465 e. The number of nitrogens with one attached hydrogen (secondary N) is 1. The number of carbonyl (C=O) groups is 3. The highest BCUT2D eigenvalue weighted by molar-refractivity contribution is 6.07. The molecular formula is C18H31N3O4. The SMILES string of the molecule is CCOC(=O)CN(CC(C)C)CN1C(=O)N[C@]2(CCCC[C@H]2C)C1=O. The zero-order valence-corrected chi connectivity index (χ0v) is 15.8. The second kappa shape index (κ2) is 8.17. The van der Waals surface area contributed by atoms with Gasteiger partial charge in [0, 0.05) is 6.54 Å². The van der Waals surface area contributed by atoms with Crippen LogP contribution in [0.3, 0.4) is 0 Å². The zero-order chi connectivity index (χ0) is 18.6. The normalized spacial score (nSPS) is 26.6. The van der Waals surface area contributed by atoms with Gasteiger partial charge in [0.1, 0.15) is 5.54 Å². The highest BCUT2D eigenvalue weighted by atomic mass is 16.5. The zero-order valence-electron chi connectivity index (χ0n) is 15.8. The van der Waals surface area contributed by atoms with Gasteiger partial charge in [0.25, 0.3) is 5.91 Å². The van der Waals surface area contributed by atoms with Gasteiger partial charge >= 0.3 is 12.0 Å². The van der Waals surface area contributed by atoms with E-state index < -0.39 is 5.54 Å². The fraction of sp³-hybridized carbons (Fsp3) is 0.833. The second-order valence-corrected chi connectivity index (χ2v) is 7.63. The van der Waals surface area contributed by atoms with Gasteiger partial charge in [-0.3, -0.25) is 14.5 Å². The Hall–Kier alpha value is -1.63. The van der Waals surface area contributed by atoms with E-state index in [0.29, 0.717) is 25.5 Å². The Balaban J connectivity index is 2.10. The molecule has 1 N–H and O–H groups in total. The van der Waals surface area contributed by atoms with Crippen molar-refractivity contribution in [2.45, 2.75) is 58.9 Å². The van der Waals surface area contributed by atoms with Crippen LogP contribution in [0.2, 0.25) is 0 Å². The van der Waals surface area contributed by atoms with Gasteiger partial charge < -0.3 is 10.1 Å². The number of esters is 1. The predicted octanol–water partition coefficient (Wildman–Crippen LogP) is 1.97. The molecule has 2 fully saturated rings. The summed E-state index contributed by atoms with van der Waals surface area (Å²) in [5, 5.41) is 2.95. The van der Waals surface area contributed by atoms with Gasteiger partial charge in [0.2, 0.25) is 0 Å². The molecular weight excluding hydrogens is 322 g/mol. The highest BCUT2D eigenvalue weighted by Crippen LogP contribution is 2.38. The molecule has 0 radical (unpaired) electrons. The van der Waals surface area contributed by atoms with E-state index in [0.717, 1.165) is 19.3 Å². The smallest absolute Gasteiger partial charge is 0.326 e. The molecule has 0 unspecified atom stereocenters. The van der Waals surface area contributed by atoms with Crippen molar-refractivity contribution in [3.05, 3.63) is 0 Å². The third kappa shape index (κ3) is 4.32. The highest BCUT2D eigenvalue weighted by Gasteiger charge is 2.55. The van der Waals surface area contributed by atoms with Crippen LogP contribution in [0.1, 0.15) is 53.4 Å². The number of hydrogen-bond acceptors (Lipinski definition) is 5. The average molecular weight is 353 g/mol. The van der Waals surface area contributed by atoms with E-state index >= 15 is 0 Å². The second-order valence-electron chi connectivity index (χ2n) is 7.63. The predicted molar refractivity (Wildman–Crippen MR) is 93.7 cm³/mol. The third-order valence-electron chi connectivity index (χ3n) is 5.12. The molecule has 1 heterocycles. The third-order valence-corrected chi connectivity index (χ3v) is 5.12. The minimum atomic E-state index is -0.761. The van der Waals surface area contributed by atoms with Gasteiger partial charge in [-0.15, -0.1) is 0 Å². The summed E-state index contributed by atoms with van der Waals surface area (Å²) < 4.78 is 5.01. The molecule has 142 valence electrons. The molecule has 7 heteroatoms. The molecule has 2 aliphatic rings. The molecule has 1 saturated carbocycles. The van der Waals surface area contributed by atoms with E-state index in [9.17, 15) is 14.4 Å². The molecule has 2 atom stereocenters. The van der Waals surface area contributed by atoms with Gasteiger partial charge in [0.15, 0.2) is 0 Å². The lowest BCUT2D eigenvalue weighted by atomic mass is 9.73. The van der Waals surface area contributed by atoms with Crippen LogP contribution in [0.5, 0.6) is 0 Å². The first-order valence-electron chi connectivity index (χ1n) is 9.32. The molecule has 2 rings (SSSR count). The van der Waals surface area contributed by atoms with Crippen LogP contribution >= 0.6 is 0 Å². The molecule has 7 nitrogen and oxygen atoms in total. The standard InChI is InChI=1S/C18H31N3O4/c1-5-25-15(22)11-20(10-13(2)3)12-21-16(23)18(19-17(21)24)9-7-6-8-14(18)4/h13-14H,5-12H2,1-4H3,(H,19,24)/t14-,18+/m1/s1. The molecule has 1 aliphatic carbocycles. The first kappa shape index (κ1) is 19.7. The van der Waals surface area contributed by atoms with Crippen molar-refractivity contribution in [3.8, 4) is 0 Å². The van der Waals surface area contributed by atoms with E-state index in [1.807, 2.05) is 25.7 Å². The van der Waals surface area contributed by atoms with Gasteiger partial charge in [-0.05, 0) is 31.6 Å². The summed E-state index contributed by atoms with van der Waals surface area (Å²) in [6.07, 6.45) is 3.67. The molecule has 25 heavy (non-hydrogen) atoms. The Morgan fingerprint density at radius 3 is 2.72 bits per heavy atom. The molecule has 1 aliphatic heterocycles. The van der Waals surface area contributed by atoms with Crippen molar-refractivity contribution in [2.75, 3.05) is 26.4 Å². The number of urea groups is 1. The van der Waals surface area contributed by atoms with Crippen LogP contribution in [-0.2, 0) is 14.3 Å². The number of ether oxygens (including phenoxy) is 1. The maximum absolute atomic E-state index is 13.0. The van der Waals surface area contributed by atoms with E-state index in [2.05, 4.69) is 5.32 Å². The van der Waals surface area contributed by atoms with Crippen molar-refractivity contribution < 1.29 is 19.1 Å². The van der Waals surface area contributed by atoms with Gasteiger partial charge in [0.05, 0.1) is 19.8 Å². The maximum Gasteiger partial charge on any atom is 0.326 e. The van der Waals surface area contributed by atoms with Crippen molar-refractivity contribution >= 4 is 17.9 Å². The van der Waals surface area contributed by atoms with Crippen molar-refractivity contribution in [3.63, 3.8) is 0 Å². The Bertz CT molecular complexity index is 522. The van der Waals surface area contributed by atoms with Gasteiger partial charge in [-0.25, -0.2) is 9.69 Å². The summed E-state index contributed by atoms with van der Waals surface area (Å²) in [5.74, 6) is -0.0534. The van der Waals surface area contributed by atoms with Crippen molar-refractivity contribution in [1.82, 2.24) is 15.1 Å². The van der Waals surface area contributed by atoms with Gasteiger partial charge in [-0.1, -0.05) is 33.6 Å². The molecule has 3 amide bonds. The monoisotopic (exact) mass is 353 g/mol. The number of amides is 3. The van der Waals surface area contributed by atoms with E-state index in [4.69, 9.17) is 4.74 Å². The van der Waals surface area contributed by atoms with Crippen LogP contribution < -0.4 is 5.32 Å². The molecule has 0 aromatic rings. The molecule has 1 saturated heterocycles. The minimum absolute atomic E-state index is 0.0750. The first-order chi connectivity index (χ1) is 11.8. The summed E-state index contributed by atoms with van der Waals surface area (Å²) in [6.45, 7) is 8.99. The fourth-order valence-electron chi connectivity index (χ4n) is 3.90. The lowest BCUT2D eigenvalue weighted by Gasteiger charge is -2.37. The van der Waals surface area contributed by atoms with Crippen LogP contribution in [0, 0.1) is 11.8 Å². The van der Waals surface area contributed by atoms with Crippen molar-refractivity contribution in [1.29, 1.82) is 0 Å². The lowest BCUT2D eigenvalue weighted by Crippen LogP contribution is -2.54. The summed E-state index contributed by atoms with van der Waals surface area (Å²) in [5.41, 5.74) is -0.761. The van der Waals surface area contributed by atoms with Crippen LogP contribution in [-0.4, -0.2) is 59.6 Å². The van der Waals surface area contributed by atoms with Crippen LogP contribution in [0.4, 0.5) is 4.79 Å². The van der Waals surface area contributed by atoms with Crippen molar-refractivity contribution in [2.24, 2.45) is 11.8 Å². The molecule has 1 spiro atoms. The Morgan fingerprint density at radius 2 is 2.12 bits per heavy atom. The number of nitrogens with zero attached hydrogens (tertiary/aromatic N) is 2. The Labute approximate surface area is 150 Å². The quantitative estimate of drug-likeness (QED) is 0.559. The Morgan fingerprint density at radius 1 is 1.40 bits per heavy atom. The summed E-state index contributed by atoms with van der Waals surface area (Å²) in [7, 11) is 0. The average Bonchev–Trinajstić information content (AvgIpc) is 2.75.